The van der Waals surface area contributed by atoms with Crippen molar-refractivity contribution < 1.29 is 4.74 Å². The fourth-order valence-corrected chi connectivity index (χ4v) is 2.45. The summed E-state index contributed by atoms with van der Waals surface area (Å²) >= 11 is 0. The number of hydrogen-bond acceptors (Lipinski definition) is 2. The molecule has 2 rings (SSSR count). The van der Waals surface area contributed by atoms with E-state index in [2.05, 4.69) is 11.8 Å². The number of morpholine rings is 1. The van der Waals surface area contributed by atoms with Crippen LogP contribution in [-0.4, -0.2) is 37.2 Å². The monoisotopic (exact) mass is 169 g/mol. The molecule has 1 saturated heterocycles. The van der Waals surface area contributed by atoms with Gasteiger partial charge in [-0.3, -0.25) is 4.90 Å². The van der Waals surface area contributed by atoms with Crippen LogP contribution in [0.5, 0.6) is 0 Å². The average molecular weight is 169 g/mol. The third-order valence-corrected chi connectivity index (χ3v) is 3.23. The Labute approximate surface area is 74.9 Å². The minimum atomic E-state index is 0.879. The third-order valence-electron chi connectivity index (χ3n) is 3.23. The van der Waals surface area contributed by atoms with E-state index in [0.29, 0.717) is 0 Å². The molecular formula is C10H19NO. The van der Waals surface area contributed by atoms with Gasteiger partial charge >= 0.3 is 0 Å². The molecule has 12 heavy (non-hydrogen) atoms. The molecular weight excluding hydrogens is 150 g/mol. The third kappa shape index (κ3) is 1.80. The Morgan fingerprint density at radius 1 is 1.17 bits per heavy atom. The molecule has 2 aliphatic rings. The van der Waals surface area contributed by atoms with Gasteiger partial charge in [-0.1, -0.05) is 6.92 Å². The highest BCUT2D eigenvalue weighted by Crippen LogP contribution is 2.28. The van der Waals surface area contributed by atoms with E-state index in [1.54, 1.807) is 0 Å². The molecule has 0 aromatic carbocycles. The van der Waals surface area contributed by atoms with Gasteiger partial charge in [-0.25, -0.2) is 0 Å². The van der Waals surface area contributed by atoms with E-state index in [1.807, 2.05) is 0 Å². The molecule has 0 aromatic rings. The number of hydrogen-bond donors (Lipinski definition) is 0. The van der Waals surface area contributed by atoms with Crippen LogP contribution in [0.4, 0.5) is 0 Å². The lowest BCUT2D eigenvalue weighted by Gasteiger charge is -2.32. The van der Waals surface area contributed by atoms with Crippen LogP contribution < -0.4 is 0 Å². The van der Waals surface area contributed by atoms with Crippen molar-refractivity contribution >= 4 is 0 Å². The van der Waals surface area contributed by atoms with E-state index < -0.39 is 0 Å². The van der Waals surface area contributed by atoms with Crippen LogP contribution in [-0.2, 0) is 4.74 Å². The van der Waals surface area contributed by atoms with E-state index in [4.69, 9.17) is 4.74 Å². The fraction of sp³-hybridized carbons (Fsp3) is 1.00. The quantitative estimate of drug-likeness (QED) is 0.590. The molecule has 1 heterocycles. The molecule has 2 unspecified atom stereocenters. The zero-order valence-electron chi connectivity index (χ0n) is 7.96. The Hall–Kier alpha value is -0.0800. The van der Waals surface area contributed by atoms with Gasteiger partial charge in [-0.2, -0.15) is 0 Å². The molecule has 1 aliphatic heterocycles. The van der Waals surface area contributed by atoms with E-state index in [9.17, 15) is 0 Å². The highest BCUT2D eigenvalue weighted by Gasteiger charge is 2.27. The van der Waals surface area contributed by atoms with Crippen molar-refractivity contribution in [2.75, 3.05) is 26.3 Å². The van der Waals surface area contributed by atoms with Crippen LogP contribution in [0.3, 0.4) is 0 Å². The second kappa shape index (κ2) is 3.75. The van der Waals surface area contributed by atoms with E-state index in [0.717, 1.165) is 38.3 Å². The first-order valence-corrected chi connectivity index (χ1v) is 5.18. The maximum atomic E-state index is 5.34. The summed E-state index contributed by atoms with van der Waals surface area (Å²) in [6.07, 6.45) is 4.27. The predicted octanol–water partition coefficient (Wildman–Crippen LogP) is 1.51. The van der Waals surface area contributed by atoms with Gasteiger partial charge in [0.1, 0.15) is 0 Å². The Morgan fingerprint density at radius 3 is 2.50 bits per heavy atom. The van der Waals surface area contributed by atoms with Crippen LogP contribution in [0, 0.1) is 5.92 Å². The molecule has 2 nitrogen and oxygen atoms in total. The Morgan fingerprint density at radius 2 is 1.92 bits per heavy atom. The van der Waals surface area contributed by atoms with Crippen molar-refractivity contribution in [2.45, 2.75) is 32.2 Å². The standard InChI is InChI=1S/C10H19NO/c1-9-2-3-10(8-9)11-4-6-12-7-5-11/h9-10H,2-8H2,1H3. The van der Waals surface area contributed by atoms with Gasteiger partial charge in [0, 0.05) is 19.1 Å². The first-order chi connectivity index (χ1) is 5.86. The average Bonchev–Trinajstić information content (AvgIpc) is 2.54. The van der Waals surface area contributed by atoms with Crippen LogP contribution in [0.25, 0.3) is 0 Å². The van der Waals surface area contributed by atoms with Gasteiger partial charge in [-0.15, -0.1) is 0 Å². The van der Waals surface area contributed by atoms with Gasteiger partial charge < -0.3 is 4.74 Å². The largest absolute Gasteiger partial charge is 0.379 e. The van der Waals surface area contributed by atoms with Crippen molar-refractivity contribution in [1.29, 1.82) is 0 Å². The van der Waals surface area contributed by atoms with Crippen molar-refractivity contribution in [2.24, 2.45) is 5.92 Å². The van der Waals surface area contributed by atoms with Crippen molar-refractivity contribution in [3.8, 4) is 0 Å². The SMILES string of the molecule is CC1CCC(N2CCOCC2)C1. The summed E-state index contributed by atoms with van der Waals surface area (Å²) in [6, 6.07) is 0.879. The second-order valence-corrected chi connectivity index (χ2v) is 4.22. The van der Waals surface area contributed by atoms with Crippen LogP contribution in [0.15, 0.2) is 0 Å². The highest BCUT2D eigenvalue weighted by molar-refractivity contribution is 4.81. The van der Waals surface area contributed by atoms with Crippen molar-refractivity contribution in [3.63, 3.8) is 0 Å². The summed E-state index contributed by atoms with van der Waals surface area (Å²) in [7, 11) is 0. The summed E-state index contributed by atoms with van der Waals surface area (Å²) in [5.41, 5.74) is 0. The van der Waals surface area contributed by atoms with Crippen LogP contribution in [0.2, 0.25) is 0 Å². The normalized spacial score (nSPS) is 38.8. The molecule has 0 bridgehead atoms. The molecule has 70 valence electrons. The maximum absolute atomic E-state index is 5.34. The predicted molar refractivity (Wildman–Crippen MR) is 49.2 cm³/mol. The molecule has 0 aromatic heterocycles. The second-order valence-electron chi connectivity index (χ2n) is 4.22. The molecule has 2 heteroatoms. The number of rotatable bonds is 1. The summed E-state index contributed by atoms with van der Waals surface area (Å²) < 4.78 is 5.34. The zero-order chi connectivity index (χ0) is 8.39. The minimum Gasteiger partial charge on any atom is -0.379 e. The Balaban J connectivity index is 1.83. The lowest BCUT2D eigenvalue weighted by Crippen LogP contribution is -2.42. The first kappa shape index (κ1) is 8.52. The smallest absolute Gasteiger partial charge is 0.0594 e. The molecule has 2 atom stereocenters. The lowest BCUT2D eigenvalue weighted by atomic mass is 10.1. The van der Waals surface area contributed by atoms with Gasteiger partial charge in [-0.05, 0) is 25.2 Å². The lowest BCUT2D eigenvalue weighted by molar-refractivity contribution is 0.0173. The van der Waals surface area contributed by atoms with Gasteiger partial charge in [0.2, 0.25) is 0 Å². The summed E-state index contributed by atoms with van der Waals surface area (Å²) in [5, 5.41) is 0. The summed E-state index contributed by atoms with van der Waals surface area (Å²) in [6.45, 7) is 6.60. The zero-order valence-corrected chi connectivity index (χ0v) is 7.96. The molecule has 1 aliphatic carbocycles. The first-order valence-electron chi connectivity index (χ1n) is 5.18. The van der Waals surface area contributed by atoms with E-state index in [1.165, 1.54) is 19.3 Å². The van der Waals surface area contributed by atoms with E-state index >= 15 is 0 Å². The molecule has 0 N–H and O–H groups in total. The van der Waals surface area contributed by atoms with Crippen molar-refractivity contribution in [3.05, 3.63) is 0 Å². The summed E-state index contributed by atoms with van der Waals surface area (Å²) in [5.74, 6) is 0.956. The highest BCUT2D eigenvalue weighted by atomic mass is 16.5. The number of nitrogens with zero attached hydrogens (tertiary/aromatic N) is 1. The van der Waals surface area contributed by atoms with Gasteiger partial charge in [0.05, 0.1) is 13.2 Å². The van der Waals surface area contributed by atoms with E-state index in [-0.39, 0.29) is 0 Å². The van der Waals surface area contributed by atoms with Gasteiger partial charge in [0.15, 0.2) is 0 Å². The molecule has 0 radical (unpaired) electrons. The van der Waals surface area contributed by atoms with Crippen molar-refractivity contribution in [1.82, 2.24) is 4.90 Å². The minimum absolute atomic E-state index is 0.879. The van der Waals surface area contributed by atoms with Crippen LogP contribution >= 0.6 is 0 Å². The Bertz CT molecular complexity index is 140. The topological polar surface area (TPSA) is 12.5 Å². The summed E-state index contributed by atoms with van der Waals surface area (Å²) in [4.78, 5) is 2.62. The molecule has 0 amide bonds. The van der Waals surface area contributed by atoms with Gasteiger partial charge in [0.25, 0.3) is 0 Å². The molecule has 2 fully saturated rings. The Kier molecular flexibility index (Phi) is 2.66. The molecule has 0 spiro atoms. The fourth-order valence-electron chi connectivity index (χ4n) is 2.45. The maximum Gasteiger partial charge on any atom is 0.0594 e. The number of ether oxygens (including phenoxy) is 1. The molecule has 1 saturated carbocycles. The van der Waals surface area contributed by atoms with Crippen LogP contribution in [0.1, 0.15) is 26.2 Å².